The van der Waals surface area contributed by atoms with Crippen LogP contribution in [0.4, 0.5) is 0 Å². The summed E-state index contributed by atoms with van der Waals surface area (Å²) in [5.41, 5.74) is -3.64. The first kappa shape index (κ1) is 22.3. The van der Waals surface area contributed by atoms with E-state index < -0.39 is 52.0 Å². The lowest BCUT2D eigenvalue weighted by atomic mass is 9.72. The summed E-state index contributed by atoms with van der Waals surface area (Å²) < 4.78 is 17.4. The smallest absolute Gasteiger partial charge is 0.378 e. The number of carbonyl (C=O) groups is 2. The van der Waals surface area contributed by atoms with Crippen molar-refractivity contribution in [2.45, 2.75) is 58.0 Å². The van der Waals surface area contributed by atoms with Crippen molar-refractivity contribution < 1.29 is 28.7 Å². The molecule has 3 atom stereocenters. The van der Waals surface area contributed by atoms with Crippen LogP contribution in [0, 0.1) is 21.4 Å². The van der Waals surface area contributed by atoms with Crippen LogP contribution < -0.4 is 4.74 Å². The quantitative estimate of drug-likeness (QED) is 0.199. The first-order chi connectivity index (χ1) is 14.0. The fourth-order valence-electron chi connectivity index (χ4n) is 4.47. The predicted octanol–water partition coefficient (Wildman–Crippen LogP) is 3.99. The minimum atomic E-state index is -2.07. The highest BCUT2D eigenvalue weighted by atomic mass is 79.9. The highest BCUT2D eigenvalue weighted by Crippen LogP contribution is 2.66. The SMILES string of the molecule is C=CC1CC(C(=O)OC(C)C)(C(=O)OC(C)C)[C@H]2c3cc(Br)ccc3O[C@@]12[N+](=O)[O-]. The Hall–Kier alpha value is -2.42. The Balaban J connectivity index is 2.33. The molecule has 0 aromatic heterocycles. The molecule has 0 bridgehead atoms. The standard InChI is InChI=1S/C21H24BrNO7/c1-6-13-10-20(18(24)28-11(2)3,19(25)29-12(4)5)17-15-9-14(22)7-8-16(15)30-21(13,17)23(26)27/h6-9,11-13,17H,1,10H2,2-5H3/t13?,17-,21+/m1/s1. The van der Waals surface area contributed by atoms with E-state index in [1.807, 2.05) is 0 Å². The second-order valence-corrected chi connectivity index (χ2v) is 9.07. The number of hydrogen-bond donors (Lipinski definition) is 0. The Morgan fingerprint density at radius 3 is 2.30 bits per heavy atom. The van der Waals surface area contributed by atoms with Crippen molar-refractivity contribution in [2.24, 2.45) is 11.3 Å². The highest BCUT2D eigenvalue weighted by Gasteiger charge is 2.81. The molecule has 0 N–H and O–H groups in total. The zero-order valence-electron chi connectivity index (χ0n) is 17.2. The molecule has 2 aliphatic rings. The van der Waals surface area contributed by atoms with Gasteiger partial charge in [0.1, 0.15) is 11.7 Å². The molecule has 30 heavy (non-hydrogen) atoms. The van der Waals surface area contributed by atoms with Crippen molar-refractivity contribution in [3.05, 3.63) is 51.0 Å². The number of esters is 2. The Labute approximate surface area is 182 Å². The maximum atomic E-state index is 13.4. The number of rotatable bonds is 6. The number of halogens is 1. The van der Waals surface area contributed by atoms with Gasteiger partial charge >= 0.3 is 17.7 Å². The van der Waals surface area contributed by atoms with Gasteiger partial charge in [-0.1, -0.05) is 22.0 Å². The van der Waals surface area contributed by atoms with Crippen LogP contribution in [-0.2, 0) is 19.1 Å². The first-order valence-electron chi connectivity index (χ1n) is 9.68. The number of carbonyl (C=O) groups excluding carboxylic acids is 2. The topological polar surface area (TPSA) is 105 Å². The summed E-state index contributed by atoms with van der Waals surface area (Å²) in [6, 6.07) is 4.89. The highest BCUT2D eigenvalue weighted by molar-refractivity contribution is 9.10. The number of benzene rings is 1. The summed E-state index contributed by atoms with van der Waals surface area (Å²) in [5, 5.41) is 12.4. The van der Waals surface area contributed by atoms with Crippen LogP contribution in [0.25, 0.3) is 0 Å². The number of nitrogens with zero attached hydrogens (tertiary/aromatic N) is 1. The van der Waals surface area contributed by atoms with Crippen molar-refractivity contribution in [1.29, 1.82) is 0 Å². The van der Waals surface area contributed by atoms with Gasteiger partial charge in [-0.05, 0) is 52.3 Å². The molecule has 1 aliphatic carbocycles. The van der Waals surface area contributed by atoms with E-state index in [0.717, 1.165) is 0 Å². The first-order valence-corrected chi connectivity index (χ1v) is 10.5. The van der Waals surface area contributed by atoms with Crippen molar-refractivity contribution in [3.63, 3.8) is 0 Å². The van der Waals surface area contributed by atoms with Crippen LogP contribution in [0.1, 0.15) is 45.6 Å². The molecule has 1 unspecified atom stereocenters. The second-order valence-electron chi connectivity index (χ2n) is 8.15. The molecule has 1 aromatic rings. The zero-order valence-corrected chi connectivity index (χ0v) is 18.8. The van der Waals surface area contributed by atoms with Crippen LogP contribution in [0.2, 0.25) is 0 Å². The molecule has 1 aromatic carbocycles. The van der Waals surface area contributed by atoms with Gasteiger partial charge in [0.05, 0.1) is 23.0 Å². The number of nitro groups is 1. The molecule has 0 radical (unpaired) electrons. The zero-order chi connectivity index (χ0) is 22.4. The van der Waals surface area contributed by atoms with Gasteiger partial charge in [0.15, 0.2) is 5.41 Å². The molecule has 0 amide bonds. The summed E-state index contributed by atoms with van der Waals surface area (Å²) in [6.07, 6.45) is 0.103. The van der Waals surface area contributed by atoms with E-state index in [4.69, 9.17) is 14.2 Å². The summed E-state index contributed by atoms with van der Waals surface area (Å²) in [7, 11) is 0. The molecule has 1 fully saturated rings. The lowest BCUT2D eigenvalue weighted by Crippen LogP contribution is -2.53. The van der Waals surface area contributed by atoms with Crippen molar-refractivity contribution >= 4 is 27.9 Å². The van der Waals surface area contributed by atoms with Crippen LogP contribution in [0.5, 0.6) is 5.75 Å². The third kappa shape index (κ3) is 3.10. The van der Waals surface area contributed by atoms with E-state index in [0.29, 0.717) is 10.0 Å². The molecule has 0 saturated heterocycles. The molecule has 1 aliphatic heterocycles. The van der Waals surface area contributed by atoms with E-state index in [-0.39, 0.29) is 12.2 Å². The summed E-state index contributed by atoms with van der Waals surface area (Å²) >= 11 is 3.36. The van der Waals surface area contributed by atoms with Gasteiger partial charge in [0, 0.05) is 10.0 Å². The third-order valence-corrected chi connectivity index (χ3v) is 6.01. The van der Waals surface area contributed by atoms with E-state index in [2.05, 4.69) is 22.5 Å². The van der Waals surface area contributed by atoms with Crippen molar-refractivity contribution in [2.75, 3.05) is 0 Å². The van der Waals surface area contributed by atoms with Gasteiger partial charge < -0.3 is 14.2 Å². The minimum absolute atomic E-state index is 0.203. The maximum absolute atomic E-state index is 13.4. The average Bonchev–Trinajstić information content (AvgIpc) is 3.12. The molecule has 1 heterocycles. The van der Waals surface area contributed by atoms with Gasteiger partial charge in [-0.3, -0.25) is 19.7 Å². The molecule has 9 heteroatoms. The fourth-order valence-corrected chi connectivity index (χ4v) is 4.85. The van der Waals surface area contributed by atoms with Crippen LogP contribution in [0.15, 0.2) is 35.3 Å². The Kier molecular flexibility index (Phi) is 5.70. The normalized spacial score (nSPS) is 26.0. The monoisotopic (exact) mass is 481 g/mol. The number of ether oxygens (including phenoxy) is 3. The minimum Gasteiger partial charge on any atom is -0.462 e. The average molecular weight is 482 g/mol. The van der Waals surface area contributed by atoms with Gasteiger partial charge in [-0.25, -0.2) is 0 Å². The summed E-state index contributed by atoms with van der Waals surface area (Å²) in [4.78, 5) is 38.7. The molecular weight excluding hydrogens is 458 g/mol. The molecule has 162 valence electrons. The number of hydrogen-bond acceptors (Lipinski definition) is 7. The van der Waals surface area contributed by atoms with Crippen LogP contribution in [0.3, 0.4) is 0 Å². The largest absolute Gasteiger partial charge is 0.462 e. The molecule has 3 rings (SSSR count). The summed E-state index contributed by atoms with van der Waals surface area (Å²) in [5.74, 6) is -3.65. The Morgan fingerprint density at radius 2 is 1.83 bits per heavy atom. The Bertz CT molecular complexity index is 891. The van der Waals surface area contributed by atoms with Crippen molar-refractivity contribution in [1.82, 2.24) is 0 Å². The van der Waals surface area contributed by atoms with Gasteiger partial charge in [-0.15, -0.1) is 6.58 Å². The maximum Gasteiger partial charge on any atom is 0.378 e. The van der Waals surface area contributed by atoms with E-state index in [9.17, 15) is 19.7 Å². The van der Waals surface area contributed by atoms with Gasteiger partial charge in [0.2, 0.25) is 0 Å². The lowest BCUT2D eigenvalue weighted by molar-refractivity contribution is -0.622. The van der Waals surface area contributed by atoms with E-state index in [1.54, 1.807) is 45.9 Å². The third-order valence-electron chi connectivity index (χ3n) is 5.52. The Morgan fingerprint density at radius 1 is 1.27 bits per heavy atom. The van der Waals surface area contributed by atoms with Crippen molar-refractivity contribution in [3.8, 4) is 5.75 Å². The number of fused-ring (bicyclic) bond motifs is 3. The van der Waals surface area contributed by atoms with E-state index >= 15 is 0 Å². The van der Waals surface area contributed by atoms with Crippen LogP contribution in [-0.4, -0.2) is 34.8 Å². The predicted molar refractivity (Wildman–Crippen MR) is 110 cm³/mol. The van der Waals surface area contributed by atoms with Gasteiger partial charge in [-0.2, -0.15) is 0 Å². The van der Waals surface area contributed by atoms with Gasteiger partial charge in [0.25, 0.3) is 0 Å². The molecule has 8 nitrogen and oxygen atoms in total. The molecule has 0 spiro atoms. The molecular formula is C21H24BrNO7. The van der Waals surface area contributed by atoms with Crippen LogP contribution >= 0.6 is 15.9 Å². The van der Waals surface area contributed by atoms with E-state index in [1.165, 1.54) is 6.08 Å². The lowest BCUT2D eigenvalue weighted by Gasteiger charge is -2.31. The summed E-state index contributed by atoms with van der Waals surface area (Å²) in [6.45, 7) is 10.3. The molecule has 1 saturated carbocycles. The second kappa shape index (κ2) is 7.68. The fraction of sp³-hybridized carbons (Fsp3) is 0.524.